The van der Waals surface area contributed by atoms with Crippen molar-refractivity contribution in [1.82, 2.24) is 5.32 Å². The van der Waals surface area contributed by atoms with E-state index in [9.17, 15) is 27.9 Å². The maximum atomic E-state index is 13.2. The minimum atomic E-state index is -4.63. The Labute approximate surface area is 153 Å². The number of amides is 2. The fraction of sp³-hybridized carbons (Fsp3) is 0.263. The maximum absolute atomic E-state index is 13.2. The van der Waals surface area contributed by atoms with Gasteiger partial charge < -0.3 is 15.3 Å². The Bertz CT molecular complexity index is 880. The van der Waals surface area contributed by atoms with Crippen molar-refractivity contribution in [1.29, 1.82) is 0 Å². The summed E-state index contributed by atoms with van der Waals surface area (Å²) in [5.41, 5.74) is 1.48. The second-order valence-corrected chi connectivity index (χ2v) is 6.26. The van der Waals surface area contributed by atoms with Crippen LogP contribution in [0.3, 0.4) is 0 Å². The zero-order valence-corrected chi connectivity index (χ0v) is 14.3. The molecule has 2 aromatic rings. The number of alkyl halides is 3. The predicted molar refractivity (Wildman–Crippen MR) is 92.9 cm³/mol. The zero-order chi connectivity index (χ0) is 19.8. The Morgan fingerprint density at radius 2 is 1.74 bits per heavy atom. The lowest BCUT2D eigenvalue weighted by atomic mass is 9.95. The molecule has 2 amide bonds. The average Bonchev–Trinajstić information content (AvgIpc) is 2.70. The first-order valence-corrected chi connectivity index (χ1v) is 8.24. The number of hydrogen-bond donors (Lipinski definition) is 2. The average molecular weight is 378 g/mol. The second-order valence-electron chi connectivity index (χ2n) is 6.26. The van der Waals surface area contributed by atoms with E-state index in [0.29, 0.717) is 21.6 Å². The Balaban J connectivity index is 2.19. The summed E-state index contributed by atoms with van der Waals surface area (Å²) in [7, 11) is 0. The van der Waals surface area contributed by atoms with Crippen molar-refractivity contribution in [2.75, 3.05) is 11.4 Å². The van der Waals surface area contributed by atoms with Gasteiger partial charge in [0, 0.05) is 5.56 Å². The van der Waals surface area contributed by atoms with Crippen molar-refractivity contribution in [3.8, 4) is 11.1 Å². The van der Waals surface area contributed by atoms with Crippen LogP contribution in [0.25, 0.3) is 11.1 Å². The van der Waals surface area contributed by atoms with E-state index in [-0.39, 0.29) is 5.69 Å². The Morgan fingerprint density at radius 1 is 1.15 bits per heavy atom. The van der Waals surface area contributed by atoms with Gasteiger partial charge in [-0.3, -0.25) is 9.59 Å². The Morgan fingerprint density at radius 3 is 2.37 bits per heavy atom. The SMILES string of the molecule is C[C@H](O)C(=O)N[C@@H]1C(=O)N(CC(F)(F)F)c2ccccc2-c2ccccc21. The van der Waals surface area contributed by atoms with E-state index >= 15 is 0 Å². The summed E-state index contributed by atoms with van der Waals surface area (Å²) in [6, 6.07) is 11.5. The third-order valence-electron chi connectivity index (χ3n) is 4.27. The van der Waals surface area contributed by atoms with Crippen molar-refractivity contribution < 1.29 is 27.9 Å². The number of anilines is 1. The highest BCUT2D eigenvalue weighted by Gasteiger charge is 2.40. The van der Waals surface area contributed by atoms with E-state index < -0.39 is 36.7 Å². The standard InChI is InChI=1S/C19H17F3N2O3/c1-11(25)17(26)23-16-14-8-3-2-6-12(14)13-7-4-5-9-15(13)24(18(16)27)10-19(20,21)22/h2-9,11,16,25H,10H2,1H3,(H,23,26)/t11-,16-/m0/s1. The van der Waals surface area contributed by atoms with Crippen LogP contribution in [0.2, 0.25) is 0 Å². The van der Waals surface area contributed by atoms with Crippen LogP contribution in [0.15, 0.2) is 48.5 Å². The number of rotatable bonds is 3. The number of benzene rings is 2. The molecule has 3 rings (SSSR count). The van der Waals surface area contributed by atoms with Crippen molar-refractivity contribution in [3.63, 3.8) is 0 Å². The molecule has 8 heteroatoms. The molecule has 0 saturated carbocycles. The zero-order valence-electron chi connectivity index (χ0n) is 14.3. The topological polar surface area (TPSA) is 69.6 Å². The van der Waals surface area contributed by atoms with E-state index in [1.165, 1.54) is 13.0 Å². The number of carbonyl (C=O) groups is 2. The molecular weight excluding hydrogens is 361 g/mol. The first kappa shape index (κ1) is 18.9. The molecule has 2 aromatic carbocycles. The number of para-hydroxylation sites is 1. The Kier molecular flexibility index (Phi) is 4.93. The second kappa shape index (κ2) is 7.03. The van der Waals surface area contributed by atoms with Crippen molar-refractivity contribution in [2.45, 2.75) is 25.2 Å². The molecule has 0 aromatic heterocycles. The van der Waals surface area contributed by atoms with E-state index in [0.717, 1.165) is 0 Å². The molecule has 0 aliphatic carbocycles. The minimum absolute atomic E-state index is 0.112. The number of nitrogens with zero attached hydrogens (tertiary/aromatic N) is 1. The van der Waals surface area contributed by atoms with Gasteiger partial charge in [-0.15, -0.1) is 0 Å². The third kappa shape index (κ3) is 3.80. The molecule has 1 heterocycles. The molecule has 27 heavy (non-hydrogen) atoms. The lowest BCUT2D eigenvalue weighted by Gasteiger charge is -2.27. The molecular formula is C19H17F3N2O3. The van der Waals surface area contributed by atoms with Gasteiger partial charge in [-0.25, -0.2) is 0 Å². The van der Waals surface area contributed by atoms with Gasteiger partial charge in [0.15, 0.2) is 0 Å². The van der Waals surface area contributed by atoms with Crippen LogP contribution in [0.4, 0.5) is 18.9 Å². The molecule has 142 valence electrons. The summed E-state index contributed by atoms with van der Waals surface area (Å²) in [6.07, 6.45) is -6.04. The summed E-state index contributed by atoms with van der Waals surface area (Å²) in [5, 5.41) is 11.8. The van der Waals surface area contributed by atoms with Crippen LogP contribution in [-0.4, -0.2) is 35.7 Å². The van der Waals surface area contributed by atoms with Crippen molar-refractivity contribution in [3.05, 3.63) is 54.1 Å². The van der Waals surface area contributed by atoms with Gasteiger partial charge in [0.1, 0.15) is 18.7 Å². The normalized spacial score (nSPS) is 17.6. The molecule has 0 saturated heterocycles. The van der Waals surface area contributed by atoms with E-state index in [1.807, 2.05) is 0 Å². The number of carbonyl (C=O) groups excluding carboxylic acids is 2. The molecule has 2 N–H and O–H groups in total. The van der Waals surface area contributed by atoms with E-state index in [4.69, 9.17) is 0 Å². The van der Waals surface area contributed by atoms with Gasteiger partial charge in [-0.05, 0) is 24.1 Å². The van der Waals surface area contributed by atoms with Crippen molar-refractivity contribution in [2.24, 2.45) is 0 Å². The first-order valence-electron chi connectivity index (χ1n) is 8.24. The Hall–Kier alpha value is -2.87. The third-order valence-corrected chi connectivity index (χ3v) is 4.27. The van der Waals surface area contributed by atoms with Crippen molar-refractivity contribution >= 4 is 17.5 Å². The maximum Gasteiger partial charge on any atom is 0.406 e. The summed E-state index contributed by atoms with van der Waals surface area (Å²) >= 11 is 0. The summed E-state index contributed by atoms with van der Waals surface area (Å²) in [4.78, 5) is 25.7. The quantitative estimate of drug-likeness (QED) is 0.863. The summed E-state index contributed by atoms with van der Waals surface area (Å²) in [6.45, 7) is -0.275. The number of fused-ring (bicyclic) bond motifs is 3. The lowest BCUT2D eigenvalue weighted by molar-refractivity contribution is -0.136. The van der Waals surface area contributed by atoms with Crippen LogP contribution in [0.5, 0.6) is 0 Å². The van der Waals surface area contributed by atoms with Gasteiger partial charge in [-0.2, -0.15) is 13.2 Å². The first-order chi connectivity index (χ1) is 12.7. The highest BCUT2D eigenvalue weighted by Crippen LogP contribution is 2.41. The summed E-state index contributed by atoms with van der Waals surface area (Å²) < 4.78 is 39.5. The fourth-order valence-corrected chi connectivity index (χ4v) is 3.08. The molecule has 0 fully saturated rings. The lowest BCUT2D eigenvalue weighted by Crippen LogP contribution is -2.47. The van der Waals surface area contributed by atoms with Crippen LogP contribution in [-0.2, 0) is 9.59 Å². The fourth-order valence-electron chi connectivity index (χ4n) is 3.08. The summed E-state index contributed by atoms with van der Waals surface area (Å²) in [5.74, 6) is -1.76. The van der Waals surface area contributed by atoms with E-state index in [1.54, 1.807) is 42.5 Å². The number of hydrogen-bond acceptors (Lipinski definition) is 3. The largest absolute Gasteiger partial charge is 0.406 e. The van der Waals surface area contributed by atoms with Crippen LogP contribution >= 0.6 is 0 Å². The van der Waals surface area contributed by atoms with Gasteiger partial charge in [0.25, 0.3) is 5.91 Å². The molecule has 1 aliphatic heterocycles. The smallest absolute Gasteiger partial charge is 0.384 e. The number of halogens is 3. The number of aliphatic hydroxyl groups excluding tert-OH is 1. The number of nitrogens with one attached hydrogen (secondary N) is 1. The molecule has 0 spiro atoms. The molecule has 0 radical (unpaired) electrons. The molecule has 5 nitrogen and oxygen atoms in total. The van der Waals surface area contributed by atoms with Crippen LogP contribution < -0.4 is 10.2 Å². The van der Waals surface area contributed by atoms with Gasteiger partial charge >= 0.3 is 6.18 Å². The number of aliphatic hydroxyl groups is 1. The highest BCUT2D eigenvalue weighted by atomic mass is 19.4. The van der Waals surface area contributed by atoms with E-state index in [2.05, 4.69) is 5.32 Å². The molecule has 0 unspecified atom stereocenters. The van der Waals surface area contributed by atoms with Crippen LogP contribution in [0.1, 0.15) is 18.5 Å². The monoisotopic (exact) mass is 378 g/mol. The molecule has 1 aliphatic rings. The van der Waals surface area contributed by atoms with Gasteiger partial charge in [0.05, 0.1) is 5.69 Å². The van der Waals surface area contributed by atoms with Crippen LogP contribution in [0, 0.1) is 0 Å². The van der Waals surface area contributed by atoms with Gasteiger partial charge in [0.2, 0.25) is 5.91 Å². The molecule has 0 bridgehead atoms. The molecule has 2 atom stereocenters. The predicted octanol–water partition coefficient (Wildman–Crippen LogP) is 2.80. The highest BCUT2D eigenvalue weighted by molar-refractivity contribution is 6.06. The minimum Gasteiger partial charge on any atom is -0.384 e. The van der Waals surface area contributed by atoms with Gasteiger partial charge in [-0.1, -0.05) is 42.5 Å².